The van der Waals surface area contributed by atoms with Gasteiger partial charge in [-0.1, -0.05) is 31.9 Å². The molecule has 4 rings (SSSR count). The van der Waals surface area contributed by atoms with Gasteiger partial charge in [0.1, 0.15) is 17.3 Å². The number of fused-ring (bicyclic) bond motifs is 1. The van der Waals surface area contributed by atoms with Gasteiger partial charge >= 0.3 is 11.9 Å². The highest BCUT2D eigenvalue weighted by Crippen LogP contribution is 2.28. The Bertz CT molecular complexity index is 1910. The molecule has 3 amide bonds. The monoisotopic (exact) mass is 872 g/mol. The van der Waals surface area contributed by atoms with Gasteiger partial charge in [-0.3, -0.25) is 28.9 Å². The van der Waals surface area contributed by atoms with Crippen LogP contribution >= 0.6 is 11.8 Å². The summed E-state index contributed by atoms with van der Waals surface area (Å²) in [4.78, 5) is 72.4. The van der Waals surface area contributed by atoms with E-state index in [1.54, 1.807) is 7.11 Å². The minimum atomic E-state index is -1.27. The Morgan fingerprint density at radius 3 is 2.39 bits per heavy atom. The number of rotatable bonds is 28. The number of hydrogen-bond donors (Lipinski definition) is 7. The number of benzene rings is 1. The van der Waals surface area contributed by atoms with Gasteiger partial charge in [-0.05, 0) is 24.1 Å². The van der Waals surface area contributed by atoms with E-state index in [0.29, 0.717) is 19.6 Å². The molecule has 20 nitrogen and oxygen atoms in total. The fraction of sp³-hybridized carbons (Fsp3) is 0.575. The SMILES string of the molecule is CCCCCNc1nc(N)nc2ccn(Cc3ccc(CN4CCN(C(=O)CCOCCOCCNC(=O)CNC(=O)C(CC(=O)O)SC[C@H](N)C(=O)O)CC4)cc3OC)c12. The van der Waals surface area contributed by atoms with E-state index in [1.807, 2.05) is 17.2 Å². The molecular weight excluding hydrogens is 813 g/mol. The lowest BCUT2D eigenvalue weighted by molar-refractivity contribution is -0.138. The number of nitrogens with two attached hydrogens (primary N) is 2. The second kappa shape index (κ2) is 25.5. The summed E-state index contributed by atoms with van der Waals surface area (Å²) < 4.78 is 19.0. The molecule has 9 N–H and O–H groups in total. The Labute approximate surface area is 359 Å². The summed E-state index contributed by atoms with van der Waals surface area (Å²) in [5, 5.41) is 25.2. The van der Waals surface area contributed by atoms with E-state index in [9.17, 15) is 24.0 Å². The van der Waals surface area contributed by atoms with Crippen LogP contribution in [0.3, 0.4) is 0 Å². The average Bonchev–Trinajstić information content (AvgIpc) is 3.64. The van der Waals surface area contributed by atoms with Crippen LogP contribution in [-0.4, -0.2) is 161 Å². The predicted molar refractivity (Wildman–Crippen MR) is 230 cm³/mol. The number of carboxylic acids is 2. The van der Waals surface area contributed by atoms with E-state index in [0.717, 1.165) is 90.9 Å². The fourth-order valence-electron chi connectivity index (χ4n) is 6.50. The van der Waals surface area contributed by atoms with Crippen molar-refractivity contribution in [1.29, 1.82) is 0 Å². The number of ether oxygens (including phenoxy) is 3. The zero-order chi connectivity index (χ0) is 44.1. The minimum absolute atomic E-state index is 0.0306. The maximum absolute atomic E-state index is 12.9. The van der Waals surface area contributed by atoms with Gasteiger partial charge in [0.25, 0.3) is 0 Å². The number of carbonyl (C=O) groups is 5. The Kier molecular flexibility index (Phi) is 20.3. The average molecular weight is 873 g/mol. The summed E-state index contributed by atoms with van der Waals surface area (Å²) in [7, 11) is 1.68. The molecule has 61 heavy (non-hydrogen) atoms. The summed E-state index contributed by atoms with van der Waals surface area (Å²) in [6.07, 6.45) is 5.01. The predicted octanol–water partition coefficient (Wildman–Crippen LogP) is 0.961. The van der Waals surface area contributed by atoms with E-state index in [4.69, 9.17) is 35.9 Å². The van der Waals surface area contributed by atoms with Gasteiger partial charge in [0, 0.05) is 63.3 Å². The number of unbranched alkanes of at least 4 members (excludes halogenated alkanes) is 2. The second-order valence-electron chi connectivity index (χ2n) is 14.5. The zero-order valence-electron chi connectivity index (χ0n) is 34.9. The standard InChI is InChI=1S/C40H60N10O10S/c1-3-4-5-10-44-37-36-30(46-40(42)47-37)8-12-50(36)25-28-7-6-27(21-31(28)58-2)24-48-13-15-49(16-14-48)34(52)9-17-59-19-20-60-18-11-43-33(51)23-45-38(55)32(22-35(53)54)61-26-29(41)39(56)57/h6-8,12,21,29,32H,3-5,9-11,13-20,22-26,41H2,1-2H3,(H,43,51)(H,45,55)(H,53,54)(H,56,57)(H3,42,44,46,47)/t29-,32?/m0/s1. The van der Waals surface area contributed by atoms with Crippen molar-refractivity contribution in [2.45, 2.75) is 63.4 Å². The number of aromatic nitrogens is 3. The smallest absolute Gasteiger partial charge is 0.321 e. The number of aliphatic carboxylic acids is 2. The molecular formula is C40H60N10O10S. The Morgan fingerprint density at radius 2 is 1.69 bits per heavy atom. The lowest BCUT2D eigenvalue weighted by atomic mass is 10.1. The Hall–Kier alpha value is -5.22. The molecule has 21 heteroatoms. The van der Waals surface area contributed by atoms with Crippen LogP contribution in [0.15, 0.2) is 30.5 Å². The molecule has 0 bridgehead atoms. The van der Waals surface area contributed by atoms with E-state index in [2.05, 4.69) is 60.5 Å². The van der Waals surface area contributed by atoms with Gasteiger partial charge in [-0.15, -0.1) is 11.8 Å². The molecule has 1 fully saturated rings. The van der Waals surface area contributed by atoms with Crippen LogP contribution in [0.25, 0.3) is 11.0 Å². The molecule has 2 atom stereocenters. The van der Waals surface area contributed by atoms with E-state index in [-0.39, 0.29) is 57.0 Å². The summed E-state index contributed by atoms with van der Waals surface area (Å²) in [6.45, 7) is 7.75. The third-order valence-electron chi connectivity index (χ3n) is 9.79. The molecule has 0 aliphatic carbocycles. The number of hydrogen-bond acceptors (Lipinski definition) is 15. The maximum atomic E-state index is 12.9. The normalized spacial score (nSPS) is 14.0. The number of carbonyl (C=O) groups excluding carboxylic acids is 3. The van der Waals surface area contributed by atoms with Crippen molar-refractivity contribution >= 4 is 64.2 Å². The highest BCUT2D eigenvalue weighted by Gasteiger charge is 2.25. The molecule has 1 aromatic carbocycles. The van der Waals surface area contributed by atoms with E-state index >= 15 is 0 Å². The molecule has 1 saturated heterocycles. The molecule has 2 aromatic heterocycles. The number of thioether (sulfide) groups is 1. The van der Waals surface area contributed by atoms with E-state index in [1.165, 1.54) is 0 Å². The number of carboxylic acid groups (broad SMARTS) is 2. The van der Waals surface area contributed by atoms with Crippen LogP contribution < -0.4 is 32.2 Å². The number of nitrogens with one attached hydrogen (secondary N) is 3. The molecule has 1 aliphatic rings. The maximum Gasteiger partial charge on any atom is 0.321 e. The number of piperazine rings is 1. The van der Waals surface area contributed by atoms with Crippen LogP contribution in [-0.2, 0) is 46.5 Å². The lowest BCUT2D eigenvalue weighted by Gasteiger charge is -2.35. The first kappa shape index (κ1) is 48.4. The van der Waals surface area contributed by atoms with Crippen molar-refractivity contribution < 1.29 is 48.4 Å². The summed E-state index contributed by atoms with van der Waals surface area (Å²) in [6, 6.07) is 6.98. The summed E-state index contributed by atoms with van der Waals surface area (Å²) in [5.74, 6) is -2.12. The summed E-state index contributed by atoms with van der Waals surface area (Å²) >= 11 is 0.797. The number of methoxy groups -OCH3 is 1. The summed E-state index contributed by atoms with van der Waals surface area (Å²) in [5.41, 5.74) is 15.3. The third-order valence-corrected chi connectivity index (χ3v) is 11.1. The molecule has 3 heterocycles. The van der Waals surface area contributed by atoms with Crippen molar-refractivity contribution in [3.8, 4) is 5.75 Å². The van der Waals surface area contributed by atoms with Gasteiger partial charge in [0.05, 0.1) is 70.2 Å². The molecule has 0 saturated carbocycles. The topological polar surface area (TPSA) is 279 Å². The van der Waals surface area contributed by atoms with Crippen LogP contribution in [0, 0.1) is 0 Å². The molecule has 0 radical (unpaired) electrons. The largest absolute Gasteiger partial charge is 0.496 e. The molecule has 1 unspecified atom stereocenters. The number of nitrogen functional groups attached to an aromatic ring is 1. The van der Waals surface area contributed by atoms with Crippen molar-refractivity contribution in [3.63, 3.8) is 0 Å². The zero-order valence-corrected chi connectivity index (χ0v) is 35.8. The van der Waals surface area contributed by atoms with Crippen molar-refractivity contribution in [2.75, 3.05) is 96.2 Å². The first-order valence-corrected chi connectivity index (χ1v) is 21.5. The molecule has 1 aliphatic heterocycles. The van der Waals surface area contributed by atoms with Gasteiger partial charge in [0.15, 0.2) is 5.82 Å². The highest BCUT2D eigenvalue weighted by atomic mass is 32.2. The lowest BCUT2D eigenvalue weighted by Crippen LogP contribution is -2.48. The Morgan fingerprint density at radius 1 is 0.934 bits per heavy atom. The van der Waals surface area contributed by atoms with Crippen molar-refractivity contribution in [3.05, 3.63) is 41.6 Å². The Balaban J connectivity index is 1.08. The first-order valence-electron chi connectivity index (χ1n) is 20.4. The molecule has 336 valence electrons. The minimum Gasteiger partial charge on any atom is -0.496 e. The number of amides is 3. The second-order valence-corrected chi connectivity index (χ2v) is 15.7. The number of nitrogens with zero attached hydrogens (tertiary/aromatic N) is 5. The van der Waals surface area contributed by atoms with Gasteiger partial charge < -0.3 is 61.3 Å². The highest BCUT2D eigenvalue weighted by molar-refractivity contribution is 8.00. The van der Waals surface area contributed by atoms with Gasteiger partial charge in [0.2, 0.25) is 23.7 Å². The van der Waals surface area contributed by atoms with E-state index < -0.39 is 48.0 Å². The fourth-order valence-corrected chi connectivity index (χ4v) is 7.58. The van der Waals surface area contributed by atoms with Gasteiger partial charge in [-0.2, -0.15) is 4.98 Å². The van der Waals surface area contributed by atoms with Crippen LogP contribution in [0.4, 0.5) is 11.8 Å². The van der Waals surface area contributed by atoms with Crippen LogP contribution in [0.5, 0.6) is 5.75 Å². The van der Waals surface area contributed by atoms with Crippen molar-refractivity contribution in [2.24, 2.45) is 5.73 Å². The quantitative estimate of drug-likeness (QED) is 0.0501. The molecule has 0 spiro atoms. The number of anilines is 2. The third kappa shape index (κ3) is 16.3. The van der Waals surface area contributed by atoms with Crippen LogP contribution in [0.2, 0.25) is 0 Å². The molecule has 3 aromatic rings. The first-order chi connectivity index (χ1) is 29.4. The van der Waals surface area contributed by atoms with Gasteiger partial charge in [-0.25, -0.2) is 4.98 Å². The van der Waals surface area contributed by atoms with Crippen molar-refractivity contribution in [1.82, 2.24) is 35.0 Å². The van der Waals surface area contributed by atoms with Crippen LogP contribution in [0.1, 0.15) is 50.2 Å².